The molecule has 5 heteroatoms. The maximum Gasteiger partial charge on any atom is 0.255 e. The monoisotopic (exact) mass is 261 g/mol. The number of carbonyl (C=O) groups excluding carboxylic acids is 2. The van der Waals surface area contributed by atoms with Crippen molar-refractivity contribution in [3.63, 3.8) is 0 Å². The zero-order chi connectivity index (χ0) is 14.0. The molecule has 102 valence electrons. The summed E-state index contributed by atoms with van der Waals surface area (Å²) in [5, 5.41) is 2.78. The number of benzene rings is 1. The SMILES string of the molecule is CN(C)C(=O)c1ccccc1NC(=O)C1(N)CCC1. The zero-order valence-electron chi connectivity index (χ0n) is 11.3. The summed E-state index contributed by atoms with van der Waals surface area (Å²) in [5.74, 6) is -0.353. The molecule has 1 saturated carbocycles. The van der Waals surface area contributed by atoms with Crippen LogP contribution in [0.15, 0.2) is 24.3 Å². The van der Waals surface area contributed by atoms with E-state index in [4.69, 9.17) is 5.73 Å². The quantitative estimate of drug-likeness (QED) is 0.858. The summed E-state index contributed by atoms with van der Waals surface area (Å²) in [4.78, 5) is 25.6. The van der Waals surface area contributed by atoms with Crippen LogP contribution >= 0.6 is 0 Å². The smallest absolute Gasteiger partial charge is 0.255 e. The molecule has 0 aromatic heterocycles. The second-order valence-electron chi connectivity index (χ2n) is 5.21. The van der Waals surface area contributed by atoms with E-state index < -0.39 is 5.54 Å². The van der Waals surface area contributed by atoms with Crippen molar-refractivity contribution in [2.75, 3.05) is 19.4 Å². The molecule has 5 nitrogen and oxygen atoms in total. The standard InChI is InChI=1S/C14H19N3O2/c1-17(2)12(18)10-6-3-4-7-11(10)16-13(19)14(15)8-5-9-14/h3-4,6-7H,5,8-9,15H2,1-2H3,(H,16,19). The Morgan fingerprint density at radius 3 is 2.42 bits per heavy atom. The van der Waals surface area contributed by atoms with Crippen molar-refractivity contribution >= 4 is 17.5 Å². The Labute approximate surface area is 112 Å². The number of nitrogens with zero attached hydrogens (tertiary/aromatic N) is 1. The van der Waals surface area contributed by atoms with E-state index in [1.54, 1.807) is 38.4 Å². The first-order valence-electron chi connectivity index (χ1n) is 6.35. The van der Waals surface area contributed by atoms with Gasteiger partial charge in [0.25, 0.3) is 5.91 Å². The van der Waals surface area contributed by atoms with Gasteiger partial charge in [0.2, 0.25) is 5.91 Å². The molecule has 0 saturated heterocycles. The number of rotatable bonds is 3. The van der Waals surface area contributed by atoms with E-state index in [2.05, 4.69) is 5.32 Å². The molecule has 0 spiro atoms. The summed E-state index contributed by atoms with van der Waals surface area (Å²) in [6.45, 7) is 0. The van der Waals surface area contributed by atoms with Crippen LogP contribution in [0.5, 0.6) is 0 Å². The van der Waals surface area contributed by atoms with E-state index in [9.17, 15) is 9.59 Å². The Balaban J connectivity index is 2.21. The Hall–Kier alpha value is -1.88. The van der Waals surface area contributed by atoms with Crippen molar-refractivity contribution in [1.29, 1.82) is 0 Å². The summed E-state index contributed by atoms with van der Waals surface area (Å²) in [6, 6.07) is 6.97. The average Bonchev–Trinajstić information content (AvgIpc) is 2.35. The Morgan fingerprint density at radius 1 is 1.26 bits per heavy atom. The lowest BCUT2D eigenvalue weighted by Crippen LogP contribution is -2.56. The Kier molecular flexibility index (Phi) is 3.57. The van der Waals surface area contributed by atoms with E-state index in [1.807, 2.05) is 0 Å². The minimum absolute atomic E-state index is 0.143. The molecule has 3 N–H and O–H groups in total. The third kappa shape index (κ3) is 2.61. The second-order valence-corrected chi connectivity index (χ2v) is 5.21. The number of anilines is 1. The van der Waals surface area contributed by atoms with Crippen LogP contribution in [0.25, 0.3) is 0 Å². The molecule has 0 unspecified atom stereocenters. The van der Waals surface area contributed by atoms with E-state index >= 15 is 0 Å². The molecule has 2 amide bonds. The lowest BCUT2D eigenvalue weighted by molar-refractivity contribution is -0.123. The van der Waals surface area contributed by atoms with E-state index in [1.165, 1.54) is 4.90 Å². The average molecular weight is 261 g/mol. The lowest BCUT2D eigenvalue weighted by Gasteiger charge is -2.36. The molecule has 0 radical (unpaired) electrons. The van der Waals surface area contributed by atoms with Crippen molar-refractivity contribution < 1.29 is 9.59 Å². The second kappa shape index (κ2) is 5.01. The van der Waals surface area contributed by atoms with Gasteiger partial charge in [0.1, 0.15) is 0 Å². The number of hydrogen-bond donors (Lipinski definition) is 2. The van der Waals surface area contributed by atoms with E-state index in [0.29, 0.717) is 24.1 Å². The summed E-state index contributed by atoms with van der Waals surface area (Å²) in [5.41, 5.74) is 6.20. The summed E-state index contributed by atoms with van der Waals surface area (Å²) in [7, 11) is 3.36. The van der Waals surface area contributed by atoms with Gasteiger partial charge >= 0.3 is 0 Å². The molecule has 1 aliphatic rings. The highest BCUT2D eigenvalue weighted by molar-refractivity contribution is 6.06. The number of para-hydroxylation sites is 1. The number of amides is 2. The maximum atomic E-state index is 12.1. The fourth-order valence-electron chi connectivity index (χ4n) is 2.05. The predicted molar refractivity (Wildman–Crippen MR) is 73.9 cm³/mol. The molecule has 2 rings (SSSR count). The van der Waals surface area contributed by atoms with Crippen LogP contribution in [0.3, 0.4) is 0 Å². The first-order valence-corrected chi connectivity index (χ1v) is 6.35. The number of carbonyl (C=O) groups is 2. The van der Waals surface area contributed by atoms with Crippen molar-refractivity contribution in [2.24, 2.45) is 5.73 Å². The van der Waals surface area contributed by atoms with Gasteiger partial charge in [0.05, 0.1) is 16.8 Å². The summed E-state index contributed by atoms with van der Waals surface area (Å²) < 4.78 is 0. The highest BCUT2D eigenvalue weighted by atomic mass is 16.2. The highest BCUT2D eigenvalue weighted by Crippen LogP contribution is 2.30. The predicted octanol–water partition coefficient (Wildman–Crippen LogP) is 1.21. The topological polar surface area (TPSA) is 75.4 Å². The summed E-state index contributed by atoms with van der Waals surface area (Å²) >= 11 is 0. The molecule has 1 aromatic carbocycles. The van der Waals surface area contributed by atoms with Gasteiger partial charge in [-0.2, -0.15) is 0 Å². The molecular weight excluding hydrogens is 242 g/mol. The molecule has 0 heterocycles. The van der Waals surface area contributed by atoms with Crippen molar-refractivity contribution in [2.45, 2.75) is 24.8 Å². The lowest BCUT2D eigenvalue weighted by atomic mass is 9.77. The van der Waals surface area contributed by atoms with Crippen molar-refractivity contribution in [1.82, 2.24) is 4.90 Å². The first kappa shape index (κ1) is 13.5. The zero-order valence-corrected chi connectivity index (χ0v) is 11.3. The Bertz CT molecular complexity index is 507. The largest absolute Gasteiger partial charge is 0.345 e. The van der Waals surface area contributed by atoms with Crippen LogP contribution in [-0.2, 0) is 4.79 Å². The number of hydrogen-bond acceptors (Lipinski definition) is 3. The van der Waals surface area contributed by atoms with Gasteiger partial charge in [0.15, 0.2) is 0 Å². The van der Waals surface area contributed by atoms with E-state index in [0.717, 1.165) is 6.42 Å². The molecule has 0 bridgehead atoms. The molecule has 1 fully saturated rings. The first-order chi connectivity index (χ1) is 8.94. The molecule has 0 aliphatic heterocycles. The van der Waals surface area contributed by atoms with E-state index in [-0.39, 0.29) is 11.8 Å². The molecule has 1 aliphatic carbocycles. The van der Waals surface area contributed by atoms with Crippen molar-refractivity contribution in [3.05, 3.63) is 29.8 Å². The van der Waals surface area contributed by atoms with Crippen LogP contribution in [0.2, 0.25) is 0 Å². The summed E-state index contributed by atoms with van der Waals surface area (Å²) in [6.07, 6.45) is 2.37. The fourth-order valence-corrected chi connectivity index (χ4v) is 2.05. The minimum atomic E-state index is -0.770. The third-order valence-electron chi connectivity index (χ3n) is 3.51. The molecule has 1 aromatic rings. The van der Waals surface area contributed by atoms with Gasteiger partial charge in [-0.25, -0.2) is 0 Å². The van der Waals surface area contributed by atoms with Gasteiger partial charge in [-0.3, -0.25) is 9.59 Å². The van der Waals surface area contributed by atoms with Crippen LogP contribution in [-0.4, -0.2) is 36.3 Å². The Morgan fingerprint density at radius 2 is 1.89 bits per heavy atom. The number of nitrogens with two attached hydrogens (primary N) is 1. The third-order valence-corrected chi connectivity index (χ3v) is 3.51. The molecule has 19 heavy (non-hydrogen) atoms. The van der Waals surface area contributed by atoms with Gasteiger partial charge in [0, 0.05) is 14.1 Å². The van der Waals surface area contributed by atoms with Crippen LogP contribution in [0, 0.1) is 0 Å². The van der Waals surface area contributed by atoms with Crippen molar-refractivity contribution in [3.8, 4) is 0 Å². The van der Waals surface area contributed by atoms with Crippen LogP contribution < -0.4 is 11.1 Å². The van der Waals surface area contributed by atoms with Gasteiger partial charge in [-0.05, 0) is 31.4 Å². The fraction of sp³-hybridized carbons (Fsp3) is 0.429. The normalized spacial score (nSPS) is 16.4. The van der Waals surface area contributed by atoms with Gasteiger partial charge in [-0.15, -0.1) is 0 Å². The molecule has 0 atom stereocenters. The molecular formula is C14H19N3O2. The minimum Gasteiger partial charge on any atom is -0.345 e. The van der Waals surface area contributed by atoms with Gasteiger partial charge in [-0.1, -0.05) is 12.1 Å². The number of nitrogens with one attached hydrogen (secondary N) is 1. The highest BCUT2D eigenvalue weighted by Gasteiger charge is 2.40. The van der Waals surface area contributed by atoms with Crippen LogP contribution in [0.4, 0.5) is 5.69 Å². The van der Waals surface area contributed by atoms with Crippen LogP contribution in [0.1, 0.15) is 29.6 Å². The maximum absolute atomic E-state index is 12.1. The van der Waals surface area contributed by atoms with Gasteiger partial charge < -0.3 is 16.0 Å².